The number of halogens is 2. The van der Waals surface area contributed by atoms with E-state index < -0.39 is 11.6 Å². The Morgan fingerprint density at radius 2 is 1.93 bits per heavy atom. The Labute approximate surface area is 84.8 Å². The van der Waals surface area contributed by atoms with Crippen LogP contribution in [0.4, 0.5) is 8.78 Å². The maximum Gasteiger partial charge on any atom is 0.149 e. The fourth-order valence-electron chi connectivity index (χ4n) is 1.34. The Balaban J connectivity index is 2.59. The van der Waals surface area contributed by atoms with Crippen molar-refractivity contribution in [2.45, 2.75) is 0 Å². The Hall–Kier alpha value is -1.97. The predicted octanol–water partition coefficient (Wildman–Crippen LogP) is 2.73. The van der Waals surface area contributed by atoms with Gasteiger partial charge in [0.05, 0.1) is 6.20 Å². The molecule has 0 amide bonds. The second-order valence-electron chi connectivity index (χ2n) is 3.05. The number of nitrogens with zero attached hydrogens (tertiary/aromatic N) is 1. The molecule has 4 heteroatoms. The van der Waals surface area contributed by atoms with Crippen LogP contribution < -0.4 is 0 Å². The molecular formula is C11H7F2NO. The van der Waals surface area contributed by atoms with Gasteiger partial charge in [0, 0.05) is 17.8 Å². The van der Waals surface area contributed by atoms with Gasteiger partial charge in [0.2, 0.25) is 0 Å². The molecule has 0 bridgehead atoms. The van der Waals surface area contributed by atoms with E-state index in [0.29, 0.717) is 0 Å². The summed E-state index contributed by atoms with van der Waals surface area (Å²) < 4.78 is 26.2. The Bertz CT molecular complexity index is 479. The summed E-state index contributed by atoms with van der Waals surface area (Å²) in [6.45, 7) is 0. The molecule has 0 aliphatic carbocycles. The second-order valence-corrected chi connectivity index (χ2v) is 3.05. The monoisotopic (exact) mass is 207 g/mol. The van der Waals surface area contributed by atoms with Gasteiger partial charge < -0.3 is 5.11 Å². The van der Waals surface area contributed by atoms with Crippen molar-refractivity contribution < 1.29 is 13.9 Å². The zero-order chi connectivity index (χ0) is 10.8. The number of aromatic hydroxyl groups is 1. The minimum Gasteiger partial charge on any atom is -0.508 e. The highest BCUT2D eigenvalue weighted by Gasteiger charge is 2.07. The Kier molecular flexibility index (Phi) is 2.33. The van der Waals surface area contributed by atoms with Crippen molar-refractivity contribution in [3.63, 3.8) is 0 Å². The summed E-state index contributed by atoms with van der Waals surface area (Å²) in [5, 5.41) is 9.17. The number of aromatic nitrogens is 1. The van der Waals surface area contributed by atoms with Crippen molar-refractivity contribution in [3.8, 4) is 16.9 Å². The fraction of sp³-hybridized carbons (Fsp3) is 0. The van der Waals surface area contributed by atoms with E-state index in [1.54, 1.807) is 0 Å². The normalized spacial score (nSPS) is 10.3. The molecule has 0 spiro atoms. The minimum atomic E-state index is -0.610. The summed E-state index contributed by atoms with van der Waals surface area (Å²) in [5.74, 6) is -1.40. The van der Waals surface area contributed by atoms with E-state index in [4.69, 9.17) is 5.11 Å². The minimum absolute atomic E-state index is 0.208. The smallest absolute Gasteiger partial charge is 0.149 e. The molecule has 0 aliphatic rings. The molecule has 0 unspecified atom stereocenters. The van der Waals surface area contributed by atoms with E-state index in [1.165, 1.54) is 18.3 Å². The van der Waals surface area contributed by atoms with Crippen molar-refractivity contribution in [1.82, 2.24) is 4.98 Å². The van der Waals surface area contributed by atoms with Gasteiger partial charge in [-0.25, -0.2) is 8.78 Å². The quantitative estimate of drug-likeness (QED) is 0.779. The van der Waals surface area contributed by atoms with Gasteiger partial charge in [0.1, 0.15) is 17.4 Å². The van der Waals surface area contributed by atoms with Crippen LogP contribution in [0, 0.1) is 11.6 Å². The topological polar surface area (TPSA) is 33.1 Å². The third kappa shape index (κ3) is 1.93. The van der Waals surface area contributed by atoms with Crippen molar-refractivity contribution in [2.75, 3.05) is 0 Å². The van der Waals surface area contributed by atoms with Gasteiger partial charge in [-0.05, 0) is 23.8 Å². The molecule has 15 heavy (non-hydrogen) atoms. The van der Waals surface area contributed by atoms with Gasteiger partial charge in [-0.1, -0.05) is 0 Å². The molecule has 0 atom stereocenters. The lowest BCUT2D eigenvalue weighted by Crippen LogP contribution is -1.86. The Morgan fingerprint density at radius 3 is 2.60 bits per heavy atom. The van der Waals surface area contributed by atoms with Crippen LogP contribution >= 0.6 is 0 Å². The van der Waals surface area contributed by atoms with E-state index in [0.717, 1.165) is 18.3 Å². The van der Waals surface area contributed by atoms with Gasteiger partial charge in [-0.15, -0.1) is 0 Å². The number of hydrogen-bond donors (Lipinski definition) is 1. The lowest BCUT2D eigenvalue weighted by molar-refractivity contribution is 0.469. The first-order valence-electron chi connectivity index (χ1n) is 4.26. The van der Waals surface area contributed by atoms with Crippen molar-refractivity contribution >= 4 is 0 Å². The van der Waals surface area contributed by atoms with Crippen LogP contribution in [0.5, 0.6) is 5.75 Å². The average molecular weight is 207 g/mol. The van der Waals surface area contributed by atoms with Gasteiger partial charge in [-0.2, -0.15) is 0 Å². The number of phenols is 1. The molecular weight excluding hydrogens is 200 g/mol. The van der Waals surface area contributed by atoms with Crippen LogP contribution in [0.15, 0.2) is 36.7 Å². The molecule has 0 aliphatic heterocycles. The summed E-state index contributed by atoms with van der Waals surface area (Å²) in [7, 11) is 0. The lowest BCUT2D eigenvalue weighted by Gasteiger charge is -2.03. The van der Waals surface area contributed by atoms with Crippen LogP contribution in [-0.2, 0) is 0 Å². The maximum atomic E-state index is 13.3. The third-order valence-corrected chi connectivity index (χ3v) is 1.97. The van der Waals surface area contributed by atoms with E-state index in [-0.39, 0.29) is 16.9 Å². The van der Waals surface area contributed by atoms with Crippen LogP contribution in [-0.4, -0.2) is 10.1 Å². The van der Waals surface area contributed by atoms with Gasteiger partial charge in [0.15, 0.2) is 0 Å². The van der Waals surface area contributed by atoms with Crippen molar-refractivity contribution in [1.29, 1.82) is 0 Å². The molecule has 2 nitrogen and oxygen atoms in total. The van der Waals surface area contributed by atoms with Crippen LogP contribution in [0.1, 0.15) is 0 Å². The van der Waals surface area contributed by atoms with Gasteiger partial charge >= 0.3 is 0 Å². The van der Waals surface area contributed by atoms with Crippen molar-refractivity contribution in [3.05, 3.63) is 48.3 Å². The van der Waals surface area contributed by atoms with Crippen LogP contribution in [0.2, 0.25) is 0 Å². The number of hydrogen-bond acceptors (Lipinski definition) is 2. The molecule has 0 fully saturated rings. The number of phenolic OH excluding ortho intramolecular Hbond substituents is 1. The van der Waals surface area contributed by atoms with Gasteiger partial charge in [-0.3, -0.25) is 4.98 Å². The zero-order valence-electron chi connectivity index (χ0n) is 7.61. The predicted molar refractivity (Wildman–Crippen MR) is 51.3 cm³/mol. The summed E-state index contributed by atoms with van der Waals surface area (Å²) in [6.07, 6.45) is 2.44. The molecule has 1 aromatic carbocycles. The highest BCUT2D eigenvalue weighted by molar-refractivity contribution is 5.65. The third-order valence-electron chi connectivity index (χ3n) is 1.97. The highest BCUT2D eigenvalue weighted by Crippen LogP contribution is 2.26. The zero-order valence-corrected chi connectivity index (χ0v) is 7.61. The molecule has 2 aromatic rings. The SMILES string of the molecule is Oc1cc(F)cc(-c2ccncc2F)c1. The average Bonchev–Trinajstić information content (AvgIpc) is 2.16. The largest absolute Gasteiger partial charge is 0.508 e. The number of benzene rings is 1. The molecule has 0 radical (unpaired) electrons. The molecule has 2 rings (SSSR count). The van der Waals surface area contributed by atoms with E-state index in [9.17, 15) is 8.78 Å². The van der Waals surface area contributed by atoms with Crippen LogP contribution in [0.3, 0.4) is 0 Å². The van der Waals surface area contributed by atoms with Crippen LogP contribution in [0.25, 0.3) is 11.1 Å². The molecule has 0 saturated carbocycles. The van der Waals surface area contributed by atoms with E-state index in [1.807, 2.05) is 0 Å². The lowest BCUT2D eigenvalue weighted by atomic mass is 10.1. The molecule has 1 N–H and O–H groups in total. The fourth-order valence-corrected chi connectivity index (χ4v) is 1.34. The second kappa shape index (κ2) is 3.65. The van der Waals surface area contributed by atoms with E-state index in [2.05, 4.69) is 4.98 Å². The summed E-state index contributed by atoms with van der Waals surface area (Å²) in [4.78, 5) is 3.58. The highest BCUT2D eigenvalue weighted by atomic mass is 19.1. The van der Waals surface area contributed by atoms with E-state index >= 15 is 0 Å². The summed E-state index contributed by atoms with van der Waals surface area (Å²) in [6, 6.07) is 4.83. The number of rotatable bonds is 1. The van der Waals surface area contributed by atoms with Gasteiger partial charge in [0.25, 0.3) is 0 Å². The van der Waals surface area contributed by atoms with Crippen molar-refractivity contribution in [2.24, 2.45) is 0 Å². The summed E-state index contributed by atoms with van der Waals surface area (Å²) in [5.41, 5.74) is 0.493. The Morgan fingerprint density at radius 1 is 1.13 bits per heavy atom. The summed E-state index contributed by atoms with van der Waals surface area (Å²) >= 11 is 0. The first-order chi connectivity index (χ1) is 7.16. The first-order valence-corrected chi connectivity index (χ1v) is 4.26. The molecule has 76 valence electrons. The maximum absolute atomic E-state index is 13.3. The standard InChI is InChI=1S/C11H7F2NO/c12-8-3-7(4-9(15)5-8)10-1-2-14-6-11(10)13/h1-6,15H. The number of pyridine rings is 1. The molecule has 1 aromatic heterocycles. The molecule has 1 heterocycles. The first kappa shape index (κ1) is 9.58. The molecule has 0 saturated heterocycles.